The summed E-state index contributed by atoms with van der Waals surface area (Å²) in [5.41, 5.74) is -1.69. The molecular formula is C21H14F26O4. The van der Waals surface area contributed by atoms with E-state index in [2.05, 4.69) is 11.3 Å². The fourth-order valence-electron chi connectivity index (χ4n) is 3.23. The van der Waals surface area contributed by atoms with Crippen molar-refractivity contribution in [3.63, 3.8) is 0 Å². The Morgan fingerprint density at radius 3 is 0.980 bits per heavy atom. The third-order valence-corrected chi connectivity index (χ3v) is 6.16. The first-order valence-electron chi connectivity index (χ1n) is 11.9. The summed E-state index contributed by atoms with van der Waals surface area (Å²) in [6, 6.07) is 0. The van der Waals surface area contributed by atoms with Crippen LogP contribution in [0, 0.1) is 0 Å². The van der Waals surface area contributed by atoms with E-state index >= 15 is 0 Å². The summed E-state index contributed by atoms with van der Waals surface area (Å²) in [5, 5.41) is 18.6. The van der Waals surface area contributed by atoms with Gasteiger partial charge < -0.3 is 14.9 Å². The maximum Gasteiger partial charge on any atom is 0.460 e. The highest BCUT2D eigenvalue weighted by Crippen LogP contribution is 2.62. The lowest BCUT2D eigenvalue weighted by Gasteiger charge is -2.40. The van der Waals surface area contributed by atoms with Gasteiger partial charge in [0, 0.05) is 24.8 Å². The minimum absolute atomic E-state index is 1.69. The van der Waals surface area contributed by atoms with Crippen LogP contribution in [0.4, 0.5) is 114 Å². The number of hydrogen-bond acceptors (Lipinski definition) is 4. The molecule has 0 aromatic rings. The molecule has 2 atom stereocenters. The molecule has 0 bridgehead atoms. The van der Waals surface area contributed by atoms with Crippen LogP contribution in [0.25, 0.3) is 0 Å². The van der Waals surface area contributed by atoms with E-state index in [4.69, 9.17) is 0 Å². The normalized spacial score (nSPS) is 16.9. The van der Waals surface area contributed by atoms with Crippen LogP contribution in [0.15, 0.2) is 12.2 Å². The van der Waals surface area contributed by atoms with Crippen LogP contribution >= 0.6 is 0 Å². The number of carbonyl (C=O) groups excluding carboxylic acids is 1. The van der Waals surface area contributed by atoms with Crippen LogP contribution < -0.4 is 0 Å². The molecule has 30 heteroatoms. The van der Waals surface area contributed by atoms with Gasteiger partial charge in [0.25, 0.3) is 0 Å². The van der Waals surface area contributed by atoms with Crippen LogP contribution in [0.5, 0.6) is 0 Å². The molecule has 0 spiro atoms. The molecule has 304 valence electrons. The molecule has 0 fully saturated rings. The molecule has 0 radical (unpaired) electrons. The lowest BCUT2D eigenvalue weighted by Crippen LogP contribution is -2.70. The number of alkyl halides is 26. The molecule has 0 aliphatic rings. The average molecular weight is 824 g/mol. The van der Waals surface area contributed by atoms with Crippen molar-refractivity contribution in [3.05, 3.63) is 12.2 Å². The van der Waals surface area contributed by atoms with Crippen molar-refractivity contribution in [2.45, 2.75) is 103 Å². The van der Waals surface area contributed by atoms with Gasteiger partial charge in [0.05, 0.1) is 12.2 Å². The van der Waals surface area contributed by atoms with Crippen LogP contribution in [-0.2, 0) is 9.53 Å². The number of carbonyl (C=O) groups is 1. The van der Waals surface area contributed by atoms with Gasteiger partial charge in [0.15, 0.2) is 0 Å². The number of hydrogen-bond donors (Lipinski definition) is 2. The van der Waals surface area contributed by atoms with E-state index in [-0.39, 0.29) is 0 Å². The Hall–Kier alpha value is -2.69. The largest absolute Gasteiger partial charge is 0.460 e. The van der Waals surface area contributed by atoms with Crippen molar-refractivity contribution in [1.29, 1.82) is 0 Å². The van der Waals surface area contributed by atoms with E-state index in [9.17, 15) is 129 Å². The zero-order chi connectivity index (χ0) is 41.8. The minimum atomic E-state index is -8.33. The standard InChI is InChI=1S/C21H14F26O4/c1-6(2-7(48)3-10(22,23)12(26,27)14(30,31)16(34,35)18(38,39)20(42,43)44)9(50)51-5-8(49)4-11(24,25)13(28,29)15(32,33)17(36,37)19(40,41)21(45,46)47/h7-8,48-49H,1-5H2. The maximum absolute atomic E-state index is 13.8. The predicted molar refractivity (Wildman–Crippen MR) is 108 cm³/mol. The van der Waals surface area contributed by atoms with Gasteiger partial charge >= 0.3 is 77.5 Å². The third-order valence-electron chi connectivity index (χ3n) is 6.16. The first kappa shape index (κ1) is 48.3. The minimum Gasteiger partial charge on any atom is -0.460 e. The summed E-state index contributed by atoms with van der Waals surface area (Å²) in [6.45, 7) is 0.185. The predicted octanol–water partition coefficient (Wildman–Crippen LogP) is 8.46. The van der Waals surface area contributed by atoms with Crippen molar-refractivity contribution in [2.75, 3.05) is 6.61 Å². The van der Waals surface area contributed by atoms with Gasteiger partial charge in [-0.1, -0.05) is 6.58 Å². The molecule has 0 aromatic heterocycles. The topological polar surface area (TPSA) is 66.8 Å². The second kappa shape index (κ2) is 13.6. The number of halogens is 26. The monoisotopic (exact) mass is 824 g/mol. The lowest BCUT2D eigenvalue weighted by molar-refractivity contribution is -0.440. The van der Waals surface area contributed by atoms with Crippen molar-refractivity contribution < 1.29 is 134 Å². The fraction of sp³-hybridized carbons (Fsp3) is 0.857. The molecule has 4 nitrogen and oxygen atoms in total. The van der Waals surface area contributed by atoms with Crippen molar-refractivity contribution in [3.8, 4) is 0 Å². The summed E-state index contributed by atoms with van der Waals surface area (Å²) < 4.78 is 344. The Bertz CT molecular complexity index is 1250. The van der Waals surface area contributed by atoms with E-state index in [1.807, 2.05) is 0 Å². The zero-order valence-corrected chi connectivity index (χ0v) is 23.2. The van der Waals surface area contributed by atoms with E-state index in [1.165, 1.54) is 0 Å². The Balaban J connectivity index is 5.79. The molecule has 2 N–H and O–H groups in total. The molecule has 0 saturated heterocycles. The van der Waals surface area contributed by atoms with E-state index in [0.29, 0.717) is 0 Å². The molecule has 2 unspecified atom stereocenters. The highest BCUT2D eigenvalue weighted by molar-refractivity contribution is 5.87. The van der Waals surface area contributed by atoms with Crippen LogP contribution in [0.1, 0.15) is 19.3 Å². The second-order valence-corrected chi connectivity index (χ2v) is 10.1. The first-order valence-corrected chi connectivity index (χ1v) is 11.9. The van der Waals surface area contributed by atoms with Crippen molar-refractivity contribution >= 4 is 5.97 Å². The highest BCUT2D eigenvalue weighted by Gasteiger charge is 2.92. The van der Waals surface area contributed by atoms with Gasteiger partial charge in [-0.2, -0.15) is 114 Å². The summed E-state index contributed by atoms with van der Waals surface area (Å²) in [6.07, 6.45) is -31.3. The molecule has 0 saturated carbocycles. The first-order chi connectivity index (χ1) is 21.8. The molecule has 0 aliphatic carbocycles. The molecular weight excluding hydrogens is 810 g/mol. The van der Waals surface area contributed by atoms with Gasteiger partial charge in [0.2, 0.25) is 0 Å². The number of aliphatic hydroxyl groups is 2. The van der Waals surface area contributed by atoms with Crippen molar-refractivity contribution in [2.24, 2.45) is 0 Å². The van der Waals surface area contributed by atoms with Crippen LogP contribution in [0.3, 0.4) is 0 Å². The Morgan fingerprint density at radius 1 is 0.451 bits per heavy atom. The molecule has 0 aliphatic heterocycles. The van der Waals surface area contributed by atoms with Gasteiger partial charge in [-0.25, -0.2) is 4.79 Å². The van der Waals surface area contributed by atoms with Crippen molar-refractivity contribution in [1.82, 2.24) is 0 Å². The van der Waals surface area contributed by atoms with Gasteiger partial charge in [-0.15, -0.1) is 0 Å². The van der Waals surface area contributed by atoms with Gasteiger partial charge in [0.1, 0.15) is 6.61 Å². The molecule has 0 aromatic carbocycles. The maximum atomic E-state index is 13.8. The average Bonchev–Trinajstić information content (AvgIpc) is 2.88. The van der Waals surface area contributed by atoms with E-state index < -0.39 is 121 Å². The summed E-state index contributed by atoms with van der Waals surface area (Å²) in [4.78, 5) is 11.7. The molecule has 0 rings (SSSR count). The Kier molecular flexibility index (Phi) is 12.9. The molecule has 51 heavy (non-hydrogen) atoms. The lowest BCUT2D eigenvalue weighted by atomic mass is 9.90. The number of rotatable bonds is 17. The highest BCUT2D eigenvalue weighted by atomic mass is 19.4. The Labute approximate surface area is 263 Å². The van der Waals surface area contributed by atoms with E-state index in [1.54, 1.807) is 0 Å². The molecule has 0 heterocycles. The second-order valence-electron chi connectivity index (χ2n) is 10.1. The molecule has 0 amide bonds. The number of ether oxygens (including phenoxy) is 1. The van der Waals surface area contributed by atoms with Gasteiger partial charge in [-0.05, 0) is 0 Å². The number of esters is 1. The van der Waals surface area contributed by atoms with E-state index in [0.717, 1.165) is 0 Å². The number of aliphatic hydroxyl groups excluding tert-OH is 2. The quantitative estimate of drug-likeness (QED) is 0.0879. The van der Waals surface area contributed by atoms with Crippen LogP contribution in [0.2, 0.25) is 0 Å². The third kappa shape index (κ3) is 7.98. The zero-order valence-electron chi connectivity index (χ0n) is 23.2. The smallest absolute Gasteiger partial charge is 0.460 e. The summed E-state index contributed by atoms with van der Waals surface area (Å²) >= 11 is 0. The Morgan fingerprint density at radius 2 is 0.706 bits per heavy atom. The van der Waals surface area contributed by atoms with Crippen LogP contribution in [-0.4, -0.2) is 107 Å². The fourth-order valence-corrected chi connectivity index (χ4v) is 3.23. The SMILES string of the molecule is C=C(CC(O)CC(F)(F)C(F)(F)C(F)(F)C(F)(F)C(F)(F)C(F)(F)F)C(=O)OCC(O)CC(F)(F)C(F)(F)C(F)(F)C(F)(F)C(F)(F)C(F)(F)F. The summed E-state index contributed by atoms with van der Waals surface area (Å²) in [7, 11) is 0. The van der Waals surface area contributed by atoms with Gasteiger partial charge in [-0.3, -0.25) is 0 Å². The summed E-state index contributed by atoms with van der Waals surface area (Å²) in [5.74, 6) is -81.5.